The van der Waals surface area contributed by atoms with Crippen LogP contribution in [0.2, 0.25) is 10.2 Å². The van der Waals surface area contributed by atoms with Crippen LogP contribution in [-0.2, 0) is 6.54 Å². The van der Waals surface area contributed by atoms with E-state index < -0.39 is 0 Å². The Morgan fingerprint density at radius 1 is 1.00 bits per heavy atom. The van der Waals surface area contributed by atoms with E-state index in [2.05, 4.69) is 10.3 Å². The van der Waals surface area contributed by atoms with Crippen LogP contribution in [0, 0.1) is 0 Å². The predicted octanol–water partition coefficient (Wildman–Crippen LogP) is 4.31. The highest BCUT2D eigenvalue weighted by Gasteiger charge is 2.09. The lowest BCUT2D eigenvalue weighted by molar-refractivity contribution is 0.856. The highest BCUT2D eigenvalue weighted by molar-refractivity contribution is 6.30. The first-order valence-corrected chi connectivity index (χ1v) is 6.27. The zero-order valence-corrected chi connectivity index (χ0v) is 10.9. The molecule has 0 saturated carbocycles. The number of halogens is 2. The van der Waals surface area contributed by atoms with Crippen molar-refractivity contribution < 1.29 is 0 Å². The van der Waals surface area contributed by atoms with E-state index in [4.69, 9.17) is 23.2 Å². The molecule has 4 heteroatoms. The van der Waals surface area contributed by atoms with E-state index in [9.17, 15) is 0 Å². The van der Waals surface area contributed by atoms with E-state index in [1.807, 2.05) is 36.4 Å². The molecule has 18 heavy (non-hydrogen) atoms. The molecule has 2 aromatic rings. The number of hydrogen-bond acceptors (Lipinski definition) is 1. The molecule has 1 radical (unpaired) electrons. The molecule has 2 nitrogen and oxygen atoms in total. The summed E-state index contributed by atoms with van der Waals surface area (Å²) in [6.45, 7) is 0.594. The average Bonchev–Trinajstić information content (AvgIpc) is 2.34. The summed E-state index contributed by atoms with van der Waals surface area (Å²) in [5.74, 6) is 0. The monoisotopic (exact) mass is 275 g/mol. The molecule has 1 aliphatic heterocycles. The Bertz CT molecular complexity index is 636. The van der Waals surface area contributed by atoms with Crippen LogP contribution in [0.3, 0.4) is 0 Å². The molecule has 0 saturated heterocycles. The van der Waals surface area contributed by atoms with Crippen molar-refractivity contribution in [3.8, 4) is 0 Å². The van der Waals surface area contributed by atoms with Gasteiger partial charge in [0.15, 0.2) is 0 Å². The number of benzene rings is 1. The lowest BCUT2D eigenvalue weighted by atomic mass is 10.0. The Morgan fingerprint density at radius 3 is 2.72 bits per heavy atom. The molecule has 0 bridgehead atoms. The molecule has 2 heterocycles. The molecule has 3 rings (SSSR count). The van der Waals surface area contributed by atoms with Gasteiger partial charge in [0.25, 0.3) is 0 Å². The molecule has 1 aromatic carbocycles. The van der Waals surface area contributed by atoms with Crippen molar-refractivity contribution >= 4 is 41.0 Å². The maximum atomic E-state index is 5.99. The minimum absolute atomic E-state index is 0.495. The standard InChI is InChI=1S/C14H9Cl2N2/c15-12-3-4-13-9(5-12)1-2-10-7-18-14(16)6-11(10)8-17-13/h1-7H,8H2/b2-1-. The Hall–Kier alpha value is -1.51. The van der Waals surface area contributed by atoms with Crippen molar-refractivity contribution in [2.45, 2.75) is 6.54 Å². The van der Waals surface area contributed by atoms with Gasteiger partial charge in [-0.05, 0) is 35.4 Å². The van der Waals surface area contributed by atoms with Crippen LogP contribution in [0.25, 0.3) is 12.2 Å². The number of fused-ring (bicyclic) bond motifs is 2. The molecular weight excluding hydrogens is 267 g/mol. The van der Waals surface area contributed by atoms with Crippen LogP contribution >= 0.6 is 23.2 Å². The number of pyridine rings is 1. The first-order valence-electron chi connectivity index (χ1n) is 5.52. The second kappa shape index (κ2) is 4.63. The highest BCUT2D eigenvalue weighted by Crippen LogP contribution is 2.27. The van der Waals surface area contributed by atoms with E-state index in [1.165, 1.54) is 0 Å². The molecule has 0 amide bonds. The summed E-state index contributed by atoms with van der Waals surface area (Å²) >= 11 is 11.9. The Labute approximate surface area is 115 Å². The summed E-state index contributed by atoms with van der Waals surface area (Å²) in [4.78, 5) is 4.08. The van der Waals surface area contributed by atoms with Gasteiger partial charge in [-0.2, -0.15) is 0 Å². The van der Waals surface area contributed by atoms with Crippen LogP contribution in [0.15, 0.2) is 30.5 Å². The van der Waals surface area contributed by atoms with Crippen molar-refractivity contribution in [3.63, 3.8) is 0 Å². The van der Waals surface area contributed by atoms with E-state index in [0.717, 1.165) is 22.4 Å². The lowest BCUT2D eigenvalue weighted by Gasteiger charge is -2.13. The van der Waals surface area contributed by atoms with Crippen molar-refractivity contribution in [2.24, 2.45) is 0 Å². The maximum absolute atomic E-state index is 5.99. The molecular formula is C14H9Cl2N2. The Kier molecular flexibility index (Phi) is 2.98. The summed E-state index contributed by atoms with van der Waals surface area (Å²) < 4.78 is 0. The topological polar surface area (TPSA) is 27.0 Å². The van der Waals surface area contributed by atoms with E-state index >= 15 is 0 Å². The quantitative estimate of drug-likeness (QED) is 0.659. The van der Waals surface area contributed by atoms with Crippen molar-refractivity contribution in [1.82, 2.24) is 10.3 Å². The zero-order valence-electron chi connectivity index (χ0n) is 9.40. The second-order valence-corrected chi connectivity index (χ2v) is 4.88. The van der Waals surface area contributed by atoms with Gasteiger partial charge in [-0.3, -0.25) is 5.32 Å². The molecule has 1 aliphatic rings. The van der Waals surface area contributed by atoms with E-state index in [-0.39, 0.29) is 0 Å². The first-order chi connectivity index (χ1) is 8.72. The number of hydrogen-bond donors (Lipinski definition) is 0. The SMILES string of the molecule is Clc1ccc2c(c1)/C=C\c1cnc(Cl)cc1C[N]2. The average molecular weight is 276 g/mol. The smallest absolute Gasteiger partial charge is 0.129 e. The van der Waals surface area contributed by atoms with Crippen molar-refractivity contribution in [1.29, 1.82) is 0 Å². The number of rotatable bonds is 0. The normalized spacial score (nSPS) is 14.8. The minimum Gasteiger partial charge on any atom is -0.280 e. The Balaban J connectivity index is 2.09. The van der Waals surface area contributed by atoms with E-state index in [1.54, 1.807) is 6.20 Å². The molecule has 0 N–H and O–H groups in total. The number of aromatic nitrogens is 1. The Morgan fingerprint density at radius 2 is 1.83 bits per heavy atom. The molecule has 89 valence electrons. The summed E-state index contributed by atoms with van der Waals surface area (Å²) in [5.41, 5.74) is 4.07. The van der Waals surface area contributed by atoms with Gasteiger partial charge in [-0.15, -0.1) is 0 Å². The van der Waals surface area contributed by atoms with Gasteiger partial charge >= 0.3 is 0 Å². The van der Waals surface area contributed by atoms with Gasteiger partial charge < -0.3 is 0 Å². The van der Waals surface area contributed by atoms with Gasteiger partial charge in [-0.25, -0.2) is 4.98 Å². The molecule has 0 spiro atoms. The van der Waals surface area contributed by atoms with E-state index in [0.29, 0.717) is 16.7 Å². The highest BCUT2D eigenvalue weighted by atomic mass is 35.5. The first kappa shape index (κ1) is 11.6. The summed E-state index contributed by atoms with van der Waals surface area (Å²) in [7, 11) is 0. The van der Waals surface area contributed by atoms with Crippen molar-refractivity contribution in [3.05, 3.63) is 57.3 Å². The maximum Gasteiger partial charge on any atom is 0.129 e. The van der Waals surface area contributed by atoms with Crippen LogP contribution in [0.4, 0.5) is 5.69 Å². The summed E-state index contributed by atoms with van der Waals surface area (Å²) in [6.07, 6.45) is 5.78. The lowest BCUT2D eigenvalue weighted by Crippen LogP contribution is -2.04. The summed E-state index contributed by atoms with van der Waals surface area (Å²) in [5, 5.41) is 5.78. The minimum atomic E-state index is 0.495. The fraction of sp³-hybridized carbons (Fsp3) is 0.0714. The van der Waals surface area contributed by atoms with Gasteiger partial charge in [0, 0.05) is 16.8 Å². The largest absolute Gasteiger partial charge is 0.280 e. The molecule has 0 fully saturated rings. The fourth-order valence-electron chi connectivity index (χ4n) is 1.92. The van der Waals surface area contributed by atoms with Crippen LogP contribution < -0.4 is 5.32 Å². The van der Waals surface area contributed by atoms with Crippen LogP contribution in [-0.4, -0.2) is 4.98 Å². The summed E-state index contributed by atoms with van der Waals surface area (Å²) in [6, 6.07) is 7.53. The van der Waals surface area contributed by atoms with Crippen LogP contribution in [0.1, 0.15) is 16.7 Å². The third kappa shape index (κ3) is 2.22. The third-order valence-electron chi connectivity index (χ3n) is 2.84. The predicted molar refractivity (Wildman–Crippen MR) is 75.1 cm³/mol. The molecule has 0 atom stereocenters. The van der Waals surface area contributed by atoms with Gasteiger partial charge in [0.2, 0.25) is 0 Å². The van der Waals surface area contributed by atoms with Gasteiger partial charge in [0.1, 0.15) is 5.15 Å². The van der Waals surface area contributed by atoms with Crippen molar-refractivity contribution in [2.75, 3.05) is 0 Å². The number of nitrogens with zero attached hydrogens (tertiary/aromatic N) is 2. The van der Waals surface area contributed by atoms with Gasteiger partial charge in [-0.1, -0.05) is 35.4 Å². The zero-order chi connectivity index (χ0) is 12.5. The molecule has 0 unspecified atom stereocenters. The van der Waals surface area contributed by atoms with Gasteiger partial charge in [0.05, 0.1) is 12.2 Å². The third-order valence-corrected chi connectivity index (χ3v) is 3.28. The van der Waals surface area contributed by atoms with Crippen LogP contribution in [0.5, 0.6) is 0 Å². The molecule has 1 aromatic heterocycles. The second-order valence-electron chi connectivity index (χ2n) is 4.06. The fourth-order valence-corrected chi connectivity index (χ4v) is 2.28. The molecule has 0 aliphatic carbocycles.